The molecule has 6 nitrogen and oxygen atoms in total. The molecule has 0 fully saturated rings. The zero-order chi connectivity index (χ0) is 24.3. The second kappa shape index (κ2) is 9.65. The number of carbonyl (C=O) groups excluding carboxylic acids is 2. The maximum Gasteiger partial charge on any atom is 0.321 e. The van der Waals surface area contributed by atoms with Crippen molar-refractivity contribution >= 4 is 44.5 Å². The van der Waals surface area contributed by atoms with Crippen molar-refractivity contribution in [2.24, 2.45) is 0 Å². The van der Waals surface area contributed by atoms with E-state index in [2.05, 4.69) is 26.2 Å². The minimum Gasteiger partial charge on any atom is -0.480 e. The van der Waals surface area contributed by atoms with Crippen molar-refractivity contribution in [1.82, 2.24) is 10.3 Å². The molecule has 3 aromatic carbocycles. The van der Waals surface area contributed by atoms with E-state index in [0.717, 1.165) is 20.9 Å². The third-order valence-corrected chi connectivity index (χ3v) is 6.63. The number of aromatic amines is 1. The van der Waals surface area contributed by atoms with Crippen LogP contribution in [0.4, 0.5) is 0 Å². The summed E-state index contributed by atoms with van der Waals surface area (Å²) < 4.78 is 0.818. The summed E-state index contributed by atoms with van der Waals surface area (Å²) in [4.78, 5) is 42.5. The van der Waals surface area contributed by atoms with Crippen LogP contribution < -0.4 is 5.32 Å². The summed E-state index contributed by atoms with van der Waals surface area (Å²) in [6.07, 6.45) is 1.93. The van der Waals surface area contributed by atoms with Crippen LogP contribution in [-0.4, -0.2) is 33.8 Å². The van der Waals surface area contributed by atoms with E-state index >= 15 is 0 Å². The van der Waals surface area contributed by atoms with E-state index in [1.54, 1.807) is 60.8 Å². The average Bonchev–Trinajstić information content (AvgIpc) is 3.26. The first-order valence-corrected chi connectivity index (χ1v) is 11.5. The highest BCUT2D eigenvalue weighted by atomic mass is 79.9. The summed E-state index contributed by atoms with van der Waals surface area (Å²) in [5.74, 6) is -2.32. The number of carboxylic acids is 1. The molecule has 1 amide bonds. The monoisotopic (exact) mass is 518 g/mol. The van der Waals surface area contributed by atoms with Crippen LogP contribution in [0, 0.1) is 0 Å². The van der Waals surface area contributed by atoms with Crippen LogP contribution in [-0.2, 0) is 21.4 Å². The second-order valence-corrected chi connectivity index (χ2v) is 9.17. The lowest BCUT2D eigenvalue weighted by Gasteiger charge is -2.29. The molecule has 172 valence electrons. The van der Waals surface area contributed by atoms with Gasteiger partial charge in [-0.05, 0) is 48.4 Å². The number of benzene rings is 3. The van der Waals surface area contributed by atoms with Crippen LogP contribution in [0.3, 0.4) is 0 Å². The van der Waals surface area contributed by atoms with Crippen molar-refractivity contribution in [3.8, 4) is 0 Å². The molecule has 3 N–H and O–H groups in total. The van der Waals surface area contributed by atoms with Crippen LogP contribution >= 0.6 is 15.9 Å². The third-order valence-electron chi connectivity index (χ3n) is 6.10. The number of hydrogen-bond donors (Lipinski definition) is 3. The second-order valence-electron chi connectivity index (χ2n) is 8.26. The Kier molecular flexibility index (Phi) is 6.65. The number of H-pyrrole nitrogens is 1. The van der Waals surface area contributed by atoms with Crippen molar-refractivity contribution in [2.45, 2.75) is 24.8 Å². The number of aromatic nitrogens is 1. The Morgan fingerprint density at radius 2 is 1.62 bits per heavy atom. The largest absolute Gasteiger partial charge is 0.480 e. The van der Waals surface area contributed by atoms with Gasteiger partial charge in [0.1, 0.15) is 0 Å². The molecule has 4 rings (SSSR count). The molecule has 0 saturated heterocycles. The predicted molar refractivity (Wildman–Crippen MR) is 134 cm³/mol. The normalized spacial score (nSPS) is 13.7. The van der Waals surface area contributed by atoms with Crippen LogP contribution in [0.25, 0.3) is 10.9 Å². The Bertz CT molecular complexity index is 1350. The van der Waals surface area contributed by atoms with Crippen LogP contribution in [0.2, 0.25) is 0 Å². The van der Waals surface area contributed by atoms with E-state index in [0.29, 0.717) is 11.1 Å². The van der Waals surface area contributed by atoms with Gasteiger partial charge in [-0.1, -0.05) is 64.5 Å². The molecule has 2 atom stereocenters. The maximum absolute atomic E-state index is 13.9. The first-order valence-electron chi connectivity index (χ1n) is 10.8. The maximum atomic E-state index is 13.9. The summed E-state index contributed by atoms with van der Waals surface area (Å²) in [7, 11) is 0. The molecular formula is C27H23BrN2O4. The van der Waals surface area contributed by atoms with Crippen molar-refractivity contribution in [3.05, 3.63) is 106 Å². The van der Waals surface area contributed by atoms with Gasteiger partial charge in [0.2, 0.25) is 0 Å². The van der Waals surface area contributed by atoms with Gasteiger partial charge in [-0.3, -0.25) is 14.4 Å². The van der Waals surface area contributed by atoms with Crippen molar-refractivity contribution in [1.29, 1.82) is 0 Å². The number of para-hydroxylation sites is 1. The first kappa shape index (κ1) is 23.4. The molecule has 4 aromatic rings. The zero-order valence-electron chi connectivity index (χ0n) is 18.4. The molecule has 0 spiro atoms. The predicted octanol–water partition coefficient (Wildman–Crippen LogP) is 4.88. The Balaban J connectivity index is 1.74. The lowest BCUT2D eigenvalue weighted by Crippen LogP contribution is -2.53. The molecule has 1 aromatic heterocycles. The summed E-state index contributed by atoms with van der Waals surface area (Å²) in [6, 6.07) is 21.7. The number of nitrogens with one attached hydrogen (secondary N) is 2. The van der Waals surface area contributed by atoms with E-state index in [9.17, 15) is 19.5 Å². The molecule has 0 aliphatic carbocycles. The van der Waals surface area contributed by atoms with Gasteiger partial charge in [0, 0.05) is 33.6 Å². The van der Waals surface area contributed by atoms with Crippen molar-refractivity contribution in [3.63, 3.8) is 0 Å². The van der Waals surface area contributed by atoms with Gasteiger partial charge in [0.15, 0.2) is 11.2 Å². The number of fused-ring (bicyclic) bond motifs is 1. The number of carbonyl (C=O) groups is 3. The minimum atomic E-state index is -1.84. The summed E-state index contributed by atoms with van der Waals surface area (Å²) in [5.41, 5.74) is 0.592. The molecule has 0 radical (unpaired) electrons. The van der Waals surface area contributed by atoms with Crippen LogP contribution in [0.1, 0.15) is 28.4 Å². The average molecular weight is 519 g/mol. The minimum absolute atomic E-state index is 0.140. The van der Waals surface area contributed by atoms with Gasteiger partial charge in [-0.2, -0.15) is 0 Å². The van der Waals surface area contributed by atoms with Gasteiger partial charge < -0.3 is 15.4 Å². The van der Waals surface area contributed by atoms with Gasteiger partial charge >= 0.3 is 5.97 Å². The smallest absolute Gasteiger partial charge is 0.321 e. The fraction of sp³-hybridized carbons (Fsp3) is 0.148. The number of ketones is 1. The standard InChI is InChI=1S/C27H23BrN2O4/c1-27(26(33)34,19-7-3-2-4-8-19)24(31)23(30-25(32)17-11-13-20(28)14-12-17)15-18-16-29-22-10-6-5-9-21(18)22/h2-14,16,23,29H,15H2,1H3,(H,30,32)(H,33,34)/t23-,27?/m0/s1. The lowest BCUT2D eigenvalue weighted by molar-refractivity contribution is -0.148. The fourth-order valence-electron chi connectivity index (χ4n) is 4.06. The molecule has 0 aliphatic rings. The summed E-state index contributed by atoms with van der Waals surface area (Å²) in [6.45, 7) is 1.39. The highest BCUT2D eigenvalue weighted by Crippen LogP contribution is 2.29. The number of amides is 1. The fourth-order valence-corrected chi connectivity index (χ4v) is 4.33. The Morgan fingerprint density at radius 1 is 0.971 bits per heavy atom. The van der Waals surface area contributed by atoms with Gasteiger partial charge in [-0.25, -0.2) is 0 Å². The Labute approximate surface area is 205 Å². The quantitative estimate of drug-likeness (QED) is 0.289. The highest BCUT2D eigenvalue weighted by molar-refractivity contribution is 9.10. The van der Waals surface area contributed by atoms with E-state index < -0.39 is 29.1 Å². The van der Waals surface area contributed by atoms with E-state index in [-0.39, 0.29) is 6.42 Å². The molecule has 34 heavy (non-hydrogen) atoms. The SMILES string of the molecule is CC(C(=O)O)(C(=O)[C@H](Cc1c[nH]c2ccccc12)NC(=O)c1ccc(Br)cc1)c1ccccc1. The Hall–Kier alpha value is -3.71. The zero-order valence-corrected chi connectivity index (χ0v) is 20.0. The van der Waals surface area contributed by atoms with Crippen molar-refractivity contribution < 1.29 is 19.5 Å². The van der Waals surface area contributed by atoms with E-state index in [4.69, 9.17) is 0 Å². The number of aliphatic carboxylic acids is 1. The molecule has 7 heteroatoms. The van der Waals surface area contributed by atoms with Crippen LogP contribution in [0.15, 0.2) is 89.5 Å². The van der Waals surface area contributed by atoms with E-state index in [1.807, 2.05) is 24.3 Å². The Morgan fingerprint density at radius 3 is 2.29 bits per heavy atom. The number of rotatable bonds is 8. The summed E-state index contributed by atoms with van der Waals surface area (Å²) in [5, 5.41) is 13.9. The van der Waals surface area contributed by atoms with Gasteiger partial charge in [0.25, 0.3) is 5.91 Å². The summed E-state index contributed by atoms with van der Waals surface area (Å²) >= 11 is 3.34. The molecule has 0 aliphatic heterocycles. The molecule has 0 saturated carbocycles. The molecule has 1 unspecified atom stereocenters. The van der Waals surface area contributed by atoms with Crippen LogP contribution in [0.5, 0.6) is 0 Å². The van der Waals surface area contributed by atoms with Crippen molar-refractivity contribution in [2.75, 3.05) is 0 Å². The number of carboxylic acid groups (broad SMARTS) is 1. The molecular weight excluding hydrogens is 496 g/mol. The van der Waals surface area contributed by atoms with Gasteiger partial charge in [0.05, 0.1) is 6.04 Å². The highest BCUT2D eigenvalue weighted by Gasteiger charge is 2.46. The number of Topliss-reactive ketones (excluding diaryl/α,β-unsaturated/α-hetero) is 1. The molecule has 0 bridgehead atoms. The lowest BCUT2D eigenvalue weighted by atomic mass is 9.75. The molecule has 1 heterocycles. The van der Waals surface area contributed by atoms with E-state index in [1.165, 1.54) is 6.92 Å². The third kappa shape index (κ3) is 4.52. The number of hydrogen-bond acceptors (Lipinski definition) is 3. The topological polar surface area (TPSA) is 99.3 Å². The number of halogens is 1. The van der Waals surface area contributed by atoms with Gasteiger partial charge in [-0.15, -0.1) is 0 Å². The first-order chi connectivity index (χ1) is 16.3.